The third-order valence-electron chi connectivity index (χ3n) is 5.06. The van der Waals surface area contributed by atoms with E-state index in [0.29, 0.717) is 12.0 Å². The van der Waals surface area contributed by atoms with Gasteiger partial charge in [-0.15, -0.1) is 0 Å². The first-order valence-electron chi connectivity index (χ1n) is 8.96. The fourth-order valence-corrected chi connectivity index (χ4v) is 3.63. The first-order valence-corrected chi connectivity index (χ1v) is 8.96. The Morgan fingerprint density at radius 1 is 1.23 bits per heavy atom. The molecule has 2 fully saturated rings. The van der Waals surface area contributed by atoms with Crippen LogP contribution in [0.4, 0.5) is 4.79 Å². The van der Waals surface area contributed by atoms with Crippen molar-refractivity contribution in [2.24, 2.45) is 17.8 Å². The first-order chi connectivity index (χ1) is 10.2. The van der Waals surface area contributed by atoms with Crippen LogP contribution in [0.3, 0.4) is 0 Å². The largest absolute Gasteiger partial charge is 0.444 e. The van der Waals surface area contributed by atoms with Gasteiger partial charge in [-0.3, -0.25) is 0 Å². The van der Waals surface area contributed by atoms with Gasteiger partial charge in [0.25, 0.3) is 0 Å². The summed E-state index contributed by atoms with van der Waals surface area (Å²) in [4.78, 5) is 14.0. The molecule has 1 aliphatic heterocycles. The number of hydrogen-bond acceptors (Lipinski definition) is 3. The molecule has 4 nitrogen and oxygen atoms in total. The third-order valence-corrected chi connectivity index (χ3v) is 5.06. The lowest BCUT2D eigenvalue weighted by Crippen LogP contribution is -2.42. The van der Waals surface area contributed by atoms with Gasteiger partial charge >= 0.3 is 6.09 Å². The standard InChI is InChI=1S/C18H34N2O2/c1-13-6-7-14(2)16(10-13)19-11-15-8-9-20(12-15)17(21)22-18(3,4)5/h13-16,19H,6-12H2,1-5H3. The van der Waals surface area contributed by atoms with Gasteiger partial charge in [0, 0.05) is 19.1 Å². The van der Waals surface area contributed by atoms with Gasteiger partial charge in [-0.1, -0.05) is 20.3 Å². The van der Waals surface area contributed by atoms with Gasteiger partial charge in [-0.2, -0.15) is 0 Å². The van der Waals surface area contributed by atoms with Crippen molar-refractivity contribution >= 4 is 6.09 Å². The molecule has 1 N–H and O–H groups in total. The Hall–Kier alpha value is -0.770. The van der Waals surface area contributed by atoms with E-state index in [1.54, 1.807) is 0 Å². The van der Waals surface area contributed by atoms with Crippen LogP contribution in [0.2, 0.25) is 0 Å². The van der Waals surface area contributed by atoms with Crippen molar-refractivity contribution in [1.82, 2.24) is 10.2 Å². The van der Waals surface area contributed by atoms with Crippen molar-refractivity contribution < 1.29 is 9.53 Å². The van der Waals surface area contributed by atoms with Gasteiger partial charge in [0.05, 0.1) is 0 Å². The van der Waals surface area contributed by atoms with E-state index in [1.165, 1.54) is 19.3 Å². The minimum Gasteiger partial charge on any atom is -0.444 e. The Morgan fingerprint density at radius 2 is 1.95 bits per heavy atom. The third kappa shape index (κ3) is 5.15. The van der Waals surface area contributed by atoms with Crippen LogP contribution in [-0.4, -0.2) is 42.3 Å². The lowest BCUT2D eigenvalue weighted by molar-refractivity contribution is 0.0288. The lowest BCUT2D eigenvalue weighted by Gasteiger charge is -2.34. The lowest BCUT2D eigenvalue weighted by atomic mass is 9.80. The summed E-state index contributed by atoms with van der Waals surface area (Å²) in [7, 11) is 0. The van der Waals surface area contributed by atoms with Crippen LogP contribution in [0.25, 0.3) is 0 Å². The number of carbonyl (C=O) groups is 1. The zero-order chi connectivity index (χ0) is 16.3. The molecule has 2 rings (SSSR count). The number of likely N-dealkylation sites (tertiary alicyclic amines) is 1. The molecular formula is C18H34N2O2. The predicted molar refractivity (Wildman–Crippen MR) is 89.9 cm³/mol. The quantitative estimate of drug-likeness (QED) is 0.865. The number of hydrogen-bond donors (Lipinski definition) is 1. The average molecular weight is 310 g/mol. The summed E-state index contributed by atoms with van der Waals surface area (Å²) in [6.07, 6.45) is 4.93. The molecule has 4 heteroatoms. The van der Waals surface area contributed by atoms with Crippen LogP contribution in [-0.2, 0) is 4.74 Å². The average Bonchev–Trinajstić information content (AvgIpc) is 2.87. The summed E-state index contributed by atoms with van der Waals surface area (Å²) in [6.45, 7) is 13.2. The second-order valence-electron chi connectivity index (χ2n) is 8.49. The van der Waals surface area contributed by atoms with E-state index in [9.17, 15) is 4.79 Å². The fraction of sp³-hybridized carbons (Fsp3) is 0.944. The molecular weight excluding hydrogens is 276 g/mol. The Labute approximate surface area is 136 Å². The second-order valence-corrected chi connectivity index (χ2v) is 8.49. The molecule has 1 aliphatic carbocycles. The summed E-state index contributed by atoms with van der Waals surface area (Å²) >= 11 is 0. The summed E-state index contributed by atoms with van der Waals surface area (Å²) in [6, 6.07) is 0.652. The van der Waals surface area contributed by atoms with Gasteiger partial charge in [0.15, 0.2) is 0 Å². The molecule has 1 saturated heterocycles. The maximum Gasteiger partial charge on any atom is 0.410 e. The minimum absolute atomic E-state index is 0.158. The molecule has 4 atom stereocenters. The number of amides is 1. The number of ether oxygens (including phenoxy) is 1. The van der Waals surface area contributed by atoms with E-state index in [2.05, 4.69) is 19.2 Å². The van der Waals surface area contributed by atoms with E-state index < -0.39 is 5.60 Å². The van der Waals surface area contributed by atoms with Crippen LogP contribution in [0.1, 0.15) is 60.3 Å². The molecule has 1 amide bonds. The zero-order valence-corrected chi connectivity index (χ0v) is 15.0. The van der Waals surface area contributed by atoms with Gasteiger partial charge in [0.1, 0.15) is 5.60 Å². The summed E-state index contributed by atoms with van der Waals surface area (Å²) < 4.78 is 5.46. The Kier molecular flexibility index (Phi) is 5.76. The molecule has 0 aromatic carbocycles. The minimum atomic E-state index is -0.402. The topological polar surface area (TPSA) is 41.6 Å². The van der Waals surface area contributed by atoms with Gasteiger partial charge < -0.3 is 15.0 Å². The number of nitrogens with zero attached hydrogens (tertiary/aromatic N) is 1. The van der Waals surface area contributed by atoms with Crippen LogP contribution in [0.15, 0.2) is 0 Å². The van der Waals surface area contributed by atoms with Crippen molar-refractivity contribution in [3.63, 3.8) is 0 Å². The van der Waals surface area contributed by atoms with Crippen molar-refractivity contribution in [3.05, 3.63) is 0 Å². The molecule has 1 heterocycles. The highest BCUT2D eigenvalue weighted by molar-refractivity contribution is 5.68. The van der Waals surface area contributed by atoms with Crippen molar-refractivity contribution in [2.45, 2.75) is 71.9 Å². The van der Waals surface area contributed by atoms with E-state index in [-0.39, 0.29) is 6.09 Å². The Balaban J connectivity index is 1.73. The number of nitrogens with one attached hydrogen (secondary N) is 1. The van der Waals surface area contributed by atoms with Crippen LogP contribution in [0, 0.1) is 17.8 Å². The monoisotopic (exact) mass is 310 g/mol. The van der Waals surface area contributed by atoms with Crippen molar-refractivity contribution in [2.75, 3.05) is 19.6 Å². The highest BCUT2D eigenvalue weighted by atomic mass is 16.6. The molecule has 0 aromatic heterocycles. The molecule has 0 spiro atoms. The van der Waals surface area contributed by atoms with E-state index >= 15 is 0 Å². The Bertz CT molecular complexity index is 378. The molecule has 22 heavy (non-hydrogen) atoms. The van der Waals surface area contributed by atoms with Gasteiger partial charge in [0.2, 0.25) is 0 Å². The normalized spacial score (nSPS) is 33.0. The summed E-state index contributed by atoms with van der Waals surface area (Å²) in [5, 5.41) is 3.77. The predicted octanol–water partition coefficient (Wildman–Crippen LogP) is 3.66. The SMILES string of the molecule is CC1CCC(C)C(NCC2CCN(C(=O)OC(C)(C)C)C2)C1. The van der Waals surface area contributed by atoms with Crippen LogP contribution in [0.5, 0.6) is 0 Å². The first kappa shape index (κ1) is 17.6. The summed E-state index contributed by atoms with van der Waals surface area (Å²) in [5.41, 5.74) is -0.402. The van der Waals surface area contributed by atoms with Gasteiger partial charge in [-0.25, -0.2) is 4.79 Å². The highest BCUT2D eigenvalue weighted by Gasteiger charge is 2.31. The summed E-state index contributed by atoms with van der Waals surface area (Å²) in [5.74, 6) is 2.19. The fourth-order valence-electron chi connectivity index (χ4n) is 3.63. The van der Waals surface area contributed by atoms with E-state index in [4.69, 9.17) is 4.74 Å². The molecule has 0 bridgehead atoms. The van der Waals surface area contributed by atoms with Crippen molar-refractivity contribution in [1.29, 1.82) is 0 Å². The van der Waals surface area contributed by atoms with Crippen LogP contribution < -0.4 is 5.32 Å². The highest BCUT2D eigenvalue weighted by Crippen LogP contribution is 2.29. The smallest absolute Gasteiger partial charge is 0.410 e. The molecule has 0 aromatic rings. The molecule has 4 unspecified atom stereocenters. The molecule has 128 valence electrons. The maximum absolute atomic E-state index is 12.1. The van der Waals surface area contributed by atoms with Gasteiger partial charge in [-0.05, 0) is 64.3 Å². The zero-order valence-electron chi connectivity index (χ0n) is 15.0. The number of rotatable bonds is 3. The van der Waals surface area contributed by atoms with Crippen molar-refractivity contribution in [3.8, 4) is 0 Å². The van der Waals surface area contributed by atoms with E-state index in [0.717, 1.165) is 37.9 Å². The second kappa shape index (κ2) is 7.20. The van der Waals surface area contributed by atoms with Crippen LogP contribution >= 0.6 is 0 Å². The number of carbonyl (C=O) groups excluding carboxylic acids is 1. The molecule has 1 saturated carbocycles. The maximum atomic E-state index is 12.1. The van der Waals surface area contributed by atoms with E-state index in [1.807, 2.05) is 25.7 Å². The molecule has 0 radical (unpaired) electrons. The Morgan fingerprint density at radius 3 is 2.64 bits per heavy atom. The molecule has 2 aliphatic rings.